The number of nitrogens with one attached hydrogen (secondary N) is 2. The van der Waals surface area contributed by atoms with E-state index in [4.69, 9.17) is 4.42 Å². The number of aliphatic hydroxyl groups excluding tert-OH is 1. The van der Waals surface area contributed by atoms with Gasteiger partial charge in [-0.2, -0.15) is 18.3 Å². The molecule has 0 radical (unpaired) electrons. The van der Waals surface area contributed by atoms with Gasteiger partial charge in [0.05, 0.1) is 18.1 Å². The number of hydrogen-bond donors (Lipinski definition) is 3. The van der Waals surface area contributed by atoms with Gasteiger partial charge in [-0.3, -0.25) is 4.68 Å². The van der Waals surface area contributed by atoms with Crippen molar-refractivity contribution in [1.82, 2.24) is 15.1 Å². The second-order valence-electron chi connectivity index (χ2n) is 5.31. The maximum atomic E-state index is 12.2. The van der Waals surface area contributed by atoms with Crippen LogP contribution in [0.25, 0.3) is 0 Å². The van der Waals surface area contributed by atoms with Gasteiger partial charge in [-0.15, -0.1) is 0 Å². The number of amides is 2. The molecule has 24 heavy (non-hydrogen) atoms. The molecule has 0 unspecified atom stereocenters. The van der Waals surface area contributed by atoms with E-state index < -0.39 is 30.9 Å². The number of nitrogens with zero attached hydrogens (tertiary/aromatic N) is 2. The van der Waals surface area contributed by atoms with E-state index in [9.17, 15) is 23.1 Å². The SMILES string of the molecule is C[C@H](C[C@@H](O)c1ccco1)NC(=O)Nc1cnn(CC(F)(F)F)c1. The molecule has 0 spiro atoms. The number of rotatable bonds is 6. The van der Waals surface area contributed by atoms with Crippen molar-refractivity contribution in [3.63, 3.8) is 0 Å². The molecule has 0 bridgehead atoms. The molecule has 2 aromatic heterocycles. The van der Waals surface area contributed by atoms with E-state index in [0.29, 0.717) is 10.4 Å². The summed E-state index contributed by atoms with van der Waals surface area (Å²) < 4.78 is 42.4. The van der Waals surface area contributed by atoms with Crippen molar-refractivity contribution in [2.24, 2.45) is 0 Å². The minimum Gasteiger partial charge on any atom is -0.467 e. The first-order valence-electron chi connectivity index (χ1n) is 7.11. The van der Waals surface area contributed by atoms with Gasteiger partial charge in [0, 0.05) is 18.7 Å². The summed E-state index contributed by atoms with van der Waals surface area (Å²) in [4.78, 5) is 11.8. The highest BCUT2D eigenvalue weighted by Crippen LogP contribution is 2.19. The Morgan fingerprint density at radius 3 is 2.88 bits per heavy atom. The zero-order valence-electron chi connectivity index (χ0n) is 12.7. The third-order valence-corrected chi connectivity index (χ3v) is 3.06. The number of carbonyl (C=O) groups excluding carboxylic acids is 1. The monoisotopic (exact) mass is 346 g/mol. The van der Waals surface area contributed by atoms with Crippen LogP contribution in [-0.4, -0.2) is 33.1 Å². The summed E-state index contributed by atoms with van der Waals surface area (Å²) in [7, 11) is 0. The van der Waals surface area contributed by atoms with Crippen molar-refractivity contribution >= 4 is 11.7 Å². The number of carbonyl (C=O) groups is 1. The van der Waals surface area contributed by atoms with Crippen LogP contribution in [0.2, 0.25) is 0 Å². The molecular weight excluding hydrogens is 329 g/mol. The highest BCUT2D eigenvalue weighted by molar-refractivity contribution is 5.89. The van der Waals surface area contributed by atoms with E-state index in [1.54, 1.807) is 19.1 Å². The number of halogens is 3. The van der Waals surface area contributed by atoms with Crippen molar-refractivity contribution in [2.45, 2.75) is 38.2 Å². The van der Waals surface area contributed by atoms with Gasteiger partial charge in [0.2, 0.25) is 0 Å². The fourth-order valence-corrected chi connectivity index (χ4v) is 2.08. The van der Waals surface area contributed by atoms with E-state index in [-0.39, 0.29) is 12.1 Å². The Morgan fingerprint density at radius 2 is 2.25 bits per heavy atom. The van der Waals surface area contributed by atoms with Gasteiger partial charge in [-0.05, 0) is 19.1 Å². The lowest BCUT2D eigenvalue weighted by Crippen LogP contribution is -2.36. The number of anilines is 1. The zero-order valence-corrected chi connectivity index (χ0v) is 12.7. The van der Waals surface area contributed by atoms with Crippen LogP contribution < -0.4 is 10.6 Å². The first kappa shape index (κ1) is 17.9. The van der Waals surface area contributed by atoms with Gasteiger partial charge in [-0.1, -0.05) is 0 Å². The summed E-state index contributed by atoms with van der Waals surface area (Å²) in [6.07, 6.45) is -1.41. The van der Waals surface area contributed by atoms with Gasteiger partial charge in [0.1, 0.15) is 18.4 Å². The van der Waals surface area contributed by atoms with E-state index >= 15 is 0 Å². The Labute approximate surface area is 135 Å². The number of aromatic nitrogens is 2. The molecule has 0 aliphatic rings. The van der Waals surface area contributed by atoms with Gasteiger partial charge in [-0.25, -0.2) is 4.79 Å². The minimum absolute atomic E-state index is 0.135. The molecule has 2 rings (SSSR count). The number of aliphatic hydroxyl groups is 1. The fraction of sp³-hybridized carbons (Fsp3) is 0.429. The molecule has 0 aromatic carbocycles. The summed E-state index contributed by atoms with van der Waals surface area (Å²) in [5.74, 6) is 0.387. The molecule has 0 aliphatic heterocycles. The molecule has 2 amide bonds. The van der Waals surface area contributed by atoms with Crippen molar-refractivity contribution < 1.29 is 27.5 Å². The number of alkyl halides is 3. The first-order valence-corrected chi connectivity index (χ1v) is 7.11. The van der Waals surface area contributed by atoms with Crippen LogP contribution >= 0.6 is 0 Å². The quantitative estimate of drug-likeness (QED) is 0.750. The molecular formula is C14H17F3N4O3. The summed E-state index contributed by atoms with van der Waals surface area (Å²) >= 11 is 0. The molecule has 10 heteroatoms. The molecule has 3 N–H and O–H groups in total. The Bertz CT molecular complexity index is 655. The van der Waals surface area contributed by atoms with Crippen LogP contribution in [-0.2, 0) is 6.54 Å². The second-order valence-corrected chi connectivity index (χ2v) is 5.31. The highest BCUT2D eigenvalue weighted by Gasteiger charge is 2.28. The average molecular weight is 346 g/mol. The lowest BCUT2D eigenvalue weighted by molar-refractivity contribution is -0.142. The van der Waals surface area contributed by atoms with Crippen molar-refractivity contribution in [3.05, 3.63) is 36.5 Å². The molecule has 2 atom stereocenters. The molecule has 7 nitrogen and oxygen atoms in total. The fourth-order valence-electron chi connectivity index (χ4n) is 2.08. The van der Waals surface area contributed by atoms with Crippen molar-refractivity contribution in [2.75, 3.05) is 5.32 Å². The highest BCUT2D eigenvalue weighted by atomic mass is 19.4. The molecule has 132 valence electrons. The van der Waals surface area contributed by atoms with Gasteiger partial charge >= 0.3 is 12.2 Å². The van der Waals surface area contributed by atoms with E-state index in [1.807, 2.05) is 0 Å². The van der Waals surface area contributed by atoms with Crippen LogP contribution in [0, 0.1) is 0 Å². The summed E-state index contributed by atoms with van der Waals surface area (Å²) in [5, 5.41) is 18.4. The van der Waals surface area contributed by atoms with Gasteiger partial charge < -0.3 is 20.2 Å². The topological polar surface area (TPSA) is 92.3 Å². The first-order chi connectivity index (χ1) is 11.2. The standard InChI is InChI=1S/C14H17F3N4O3/c1-9(5-11(22)12-3-2-4-24-12)19-13(23)20-10-6-18-21(7-10)8-14(15,16)17/h2-4,6-7,9,11,22H,5,8H2,1H3,(H2,19,20,23)/t9-,11-/m1/s1. The Kier molecular flexibility index (Phi) is 5.50. The van der Waals surface area contributed by atoms with Crippen LogP contribution in [0.3, 0.4) is 0 Å². The predicted molar refractivity (Wildman–Crippen MR) is 78.2 cm³/mol. The zero-order chi connectivity index (χ0) is 17.7. The summed E-state index contributed by atoms with van der Waals surface area (Å²) in [6, 6.07) is 2.25. The number of furan rings is 1. The third-order valence-electron chi connectivity index (χ3n) is 3.06. The maximum absolute atomic E-state index is 12.2. The normalized spacial score (nSPS) is 14.2. The predicted octanol–water partition coefficient (Wildman–Crippen LogP) is 2.67. The van der Waals surface area contributed by atoms with Crippen LogP contribution in [0.4, 0.5) is 23.7 Å². The van der Waals surface area contributed by atoms with Crippen molar-refractivity contribution in [3.8, 4) is 0 Å². The van der Waals surface area contributed by atoms with Gasteiger partial charge in [0.25, 0.3) is 0 Å². The average Bonchev–Trinajstić information content (AvgIpc) is 3.08. The molecule has 2 aromatic rings. The molecule has 0 aliphatic carbocycles. The largest absolute Gasteiger partial charge is 0.467 e. The molecule has 0 saturated carbocycles. The number of hydrogen-bond acceptors (Lipinski definition) is 4. The Balaban J connectivity index is 1.80. The van der Waals surface area contributed by atoms with Crippen molar-refractivity contribution in [1.29, 1.82) is 0 Å². The summed E-state index contributed by atoms with van der Waals surface area (Å²) in [5.41, 5.74) is 0.135. The smallest absolute Gasteiger partial charge is 0.408 e. The second kappa shape index (κ2) is 7.39. The molecule has 0 fully saturated rings. The Hall–Kier alpha value is -2.49. The van der Waals surface area contributed by atoms with Crippen LogP contribution in [0.5, 0.6) is 0 Å². The van der Waals surface area contributed by atoms with Crippen LogP contribution in [0.15, 0.2) is 35.2 Å². The lowest BCUT2D eigenvalue weighted by atomic mass is 10.1. The molecule has 0 saturated heterocycles. The molecule has 2 heterocycles. The summed E-state index contributed by atoms with van der Waals surface area (Å²) in [6.45, 7) is 0.445. The van der Waals surface area contributed by atoms with E-state index in [0.717, 1.165) is 12.4 Å². The van der Waals surface area contributed by atoms with Crippen LogP contribution in [0.1, 0.15) is 25.2 Å². The third kappa shape index (κ3) is 5.61. The van der Waals surface area contributed by atoms with E-state index in [1.165, 1.54) is 6.26 Å². The van der Waals surface area contributed by atoms with Gasteiger partial charge in [0.15, 0.2) is 0 Å². The minimum atomic E-state index is -4.39. The Morgan fingerprint density at radius 1 is 1.50 bits per heavy atom. The number of urea groups is 1. The van der Waals surface area contributed by atoms with E-state index in [2.05, 4.69) is 15.7 Å². The maximum Gasteiger partial charge on any atom is 0.408 e. The lowest BCUT2D eigenvalue weighted by Gasteiger charge is -2.16.